The minimum absolute atomic E-state index is 0. The number of nitrogens with zero attached hydrogens (tertiary/aromatic N) is 2. The van der Waals surface area contributed by atoms with E-state index in [1.165, 1.54) is 18.2 Å². The molecule has 2 amide bonds. The lowest BCUT2D eigenvalue weighted by atomic mass is 10.1. The molecule has 0 saturated carbocycles. The number of benzene rings is 1. The Hall–Kier alpha value is -1.64. The molecule has 2 aliphatic heterocycles. The highest BCUT2D eigenvalue weighted by molar-refractivity contribution is 7.90. The topological polar surface area (TPSA) is 101 Å². The number of carbonyl (C=O) groups excluding carboxylic acids is 2. The zero-order valence-corrected chi connectivity index (χ0v) is 15.8. The average Bonchev–Trinajstić information content (AvgIpc) is 3.08. The Morgan fingerprint density at radius 2 is 2.04 bits per heavy atom. The Morgan fingerprint density at radius 1 is 1.36 bits per heavy atom. The average molecular weight is 388 g/mol. The Morgan fingerprint density at radius 3 is 2.64 bits per heavy atom. The number of fused-ring (bicyclic) bond motifs is 1. The van der Waals surface area contributed by atoms with E-state index in [2.05, 4.69) is 0 Å². The van der Waals surface area contributed by atoms with Crippen LogP contribution in [0.25, 0.3) is 0 Å². The van der Waals surface area contributed by atoms with Crippen molar-refractivity contribution in [2.75, 3.05) is 13.1 Å². The molecule has 1 fully saturated rings. The second-order valence-corrected chi connectivity index (χ2v) is 8.22. The van der Waals surface area contributed by atoms with Crippen molar-refractivity contribution < 1.29 is 18.0 Å². The summed E-state index contributed by atoms with van der Waals surface area (Å²) in [5, 5.41) is 0. The molecule has 2 aliphatic rings. The summed E-state index contributed by atoms with van der Waals surface area (Å²) in [5.74, 6) is -0.781. The van der Waals surface area contributed by atoms with Crippen LogP contribution in [-0.2, 0) is 10.0 Å². The third kappa shape index (κ3) is 3.02. The zero-order chi connectivity index (χ0) is 17.6. The molecule has 1 aromatic carbocycles. The first-order valence-corrected chi connectivity index (χ1v) is 9.47. The normalized spacial score (nSPS) is 21.4. The van der Waals surface area contributed by atoms with Crippen molar-refractivity contribution in [1.82, 2.24) is 9.21 Å². The maximum Gasteiger partial charge on any atom is 0.269 e. The fourth-order valence-corrected chi connectivity index (χ4v) is 5.20. The summed E-state index contributed by atoms with van der Waals surface area (Å²) >= 11 is 0. The number of hydrogen-bond acceptors (Lipinski definition) is 5. The van der Waals surface area contributed by atoms with Crippen molar-refractivity contribution >= 4 is 34.2 Å². The highest BCUT2D eigenvalue weighted by Crippen LogP contribution is 2.33. The van der Waals surface area contributed by atoms with Crippen LogP contribution in [0.4, 0.5) is 0 Å². The third-order valence-corrected chi connectivity index (χ3v) is 6.57. The zero-order valence-electron chi connectivity index (χ0n) is 14.1. The molecule has 0 radical (unpaired) electrons. The number of halogens is 1. The quantitative estimate of drug-likeness (QED) is 0.840. The number of sulfonamides is 1. The highest BCUT2D eigenvalue weighted by atomic mass is 35.5. The summed E-state index contributed by atoms with van der Waals surface area (Å²) in [6, 6.07) is 3.77. The van der Waals surface area contributed by atoms with Gasteiger partial charge in [-0.25, -0.2) is 12.7 Å². The van der Waals surface area contributed by atoms with Crippen LogP contribution in [0.1, 0.15) is 47.4 Å². The van der Waals surface area contributed by atoms with Crippen LogP contribution in [-0.4, -0.2) is 54.6 Å². The number of nitrogens with two attached hydrogens (primary N) is 1. The largest absolute Gasteiger partial charge is 0.334 e. The smallest absolute Gasteiger partial charge is 0.269 e. The van der Waals surface area contributed by atoms with Gasteiger partial charge in [-0.3, -0.25) is 9.59 Å². The van der Waals surface area contributed by atoms with E-state index in [0.717, 1.165) is 17.1 Å². The van der Waals surface area contributed by atoms with Crippen molar-refractivity contribution in [3.63, 3.8) is 0 Å². The van der Waals surface area contributed by atoms with Crippen LogP contribution in [0.3, 0.4) is 0 Å². The molecule has 1 saturated heterocycles. The predicted molar refractivity (Wildman–Crippen MR) is 95.3 cm³/mol. The van der Waals surface area contributed by atoms with Gasteiger partial charge < -0.3 is 10.6 Å². The van der Waals surface area contributed by atoms with Gasteiger partial charge in [0.25, 0.3) is 21.8 Å². The molecule has 0 aromatic heterocycles. The van der Waals surface area contributed by atoms with E-state index in [1.807, 2.05) is 0 Å². The second-order valence-electron chi connectivity index (χ2n) is 6.44. The number of hydrogen-bond donors (Lipinski definition) is 1. The number of likely N-dealkylation sites (tertiary alicyclic amines) is 1. The summed E-state index contributed by atoms with van der Waals surface area (Å²) in [5.41, 5.74) is 6.10. The summed E-state index contributed by atoms with van der Waals surface area (Å²) in [6.07, 6.45) is 1.74. The van der Waals surface area contributed by atoms with E-state index < -0.39 is 22.0 Å². The monoisotopic (exact) mass is 387 g/mol. The lowest BCUT2D eigenvalue weighted by molar-refractivity contribution is 0.0739. The first-order valence-electron chi connectivity index (χ1n) is 8.03. The van der Waals surface area contributed by atoms with Crippen molar-refractivity contribution in [3.05, 3.63) is 29.3 Å². The molecule has 25 heavy (non-hydrogen) atoms. The lowest BCUT2D eigenvalue weighted by Crippen LogP contribution is -2.40. The molecule has 9 heteroatoms. The molecule has 1 aromatic rings. The van der Waals surface area contributed by atoms with Crippen LogP contribution in [0.5, 0.6) is 0 Å². The van der Waals surface area contributed by atoms with Crippen molar-refractivity contribution in [1.29, 1.82) is 0 Å². The van der Waals surface area contributed by atoms with Gasteiger partial charge in [0.05, 0.1) is 5.56 Å². The molecule has 1 unspecified atom stereocenters. The molecule has 0 bridgehead atoms. The minimum atomic E-state index is -3.91. The predicted octanol–water partition coefficient (Wildman–Crippen LogP) is 1.22. The van der Waals surface area contributed by atoms with Gasteiger partial charge in [0, 0.05) is 30.7 Å². The molecule has 138 valence electrons. The van der Waals surface area contributed by atoms with Gasteiger partial charge in [0.15, 0.2) is 0 Å². The van der Waals surface area contributed by atoms with Gasteiger partial charge in [-0.05, 0) is 44.9 Å². The van der Waals surface area contributed by atoms with Gasteiger partial charge in [-0.15, -0.1) is 12.4 Å². The van der Waals surface area contributed by atoms with Crippen molar-refractivity contribution in [2.24, 2.45) is 5.73 Å². The third-order valence-electron chi connectivity index (χ3n) is 4.58. The number of carbonyl (C=O) groups is 2. The van der Waals surface area contributed by atoms with Crippen LogP contribution in [0, 0.1) is 0 Å². The fraction of sp³-hybridized carbons (Fsp3) is 0.500. The lowest BCUT2D eigenvalue weighted by Gasteiger charge is -2.23. The maximum atomic E-state index is 12.7. The molecule has 0 spiro atoms. The molecular weight excluding hydrogens is 366 g/mol. The summed E-state index contributed by atoms with van der Waals surface area (Å²) in [4.78, 5) is 26.6. The molecule has 1 atom stereocenters. The molecular formula is C16H22ClN3O4S. The molecule has 7 nitrogen and oxygen atoms in total. The molecule has 2 N–H and O–H groups in total. The number of rotatable bonds is 3. The van der Waals surface area contributed by atoms with Gasteiger partial charge >= 0.3 is 0 Å². The Kier molecular flexibility index (Phi) is 5.46. The molecule has 3 rings (SSSR count). The summed E-state index contributed by atoms with van der Waals surface area (Å²) in [7, 11) is -3.91. The van der Waals surface area contributed by atoms with E-state index in [0.29, 0.717) is 13.1 Å². The maximum absolute atomic E-state index is 12.7. The van der Waals surface area contributed by atoms with Crippen LogP contribution >= 0.6 is 12.4 Å². The Bertz CT molecular complexity index is 810. The summed E-state index contributed by atoms with van der Waals surface area (Å²) < 4.78 is 26.1. The van der Waals surface area contributed by atoms with Crippen molar-refractivity contribution in [2.45, 2.75) is 43.7 Å². The van der Waals surface area contributed by atoms with Crippen molar-refractivity contribution in [3.8, 4) is 0 Å². The highest BCUT2D eigenvalue weighted by Gasteiger charge is 2.43. The Labute approximate surface area is 153 Å². The van der Waals surface area contributed by atoms with E-state index in [1.54, 1.807) is 18.7 Å². The molecule has 2 heterocycles. The first-order chi connectivity index (χ1) is 11.3. The van der Waals surface area contributed by atoms with E-state index >= 15 is 0 Å². The summed E-state index contributed by atoms with van der Waals surface area (Å²) in [6.45, 7) is 4.28. The minimum Gasteiger partial charge on any atom is -0.334 e. The van der Waals surface area contributed by atoms with E-state index in [4.69, 9.17) is 5.73 Å². The van der Waals surface area contributed by atoms with E-state index in [-0.39, 0.29) is 40.4 Å². The van der Waals surface area contributed by atoms with E-state index in [9.17, 15) is 18.0 Å². The SMILES string of the molecule is CC(C)N1C(=O)c2ccc(C(=O)N3CCCC3CN)cc2S1(=O)=O.Cl. The Balaban J connectivity index is 0.00000225. The first kappa shape index (κ1) is 19.7. The standard InChI is InChI=1S/C16H21N3O4S.ClH/c1-10(2)19-16(21)13-6-5-11(8-14(13)24(19,22)23)15(20)18-7-3-4-12(18)9-17;/h5-6,8,10,12H,3-4,7,9,17H2,1-2H3;1H. The van der Waals surface area contributed by atoms with Gasteiger partial charge in [0.2, 0.25) is 0 Å². The van der Waals surface area contributed by atoms with Gasteiger partial charge in [-0.1, -0.05) is 0 Å². The van der Waals surface area contributed by atoms with Gasteiger partial charge in [0.1, 0.15) is 4.90 Å². The van der Waals surface area contributed by atoms with Crippen LogP contribution in [0.2, 0.25) is 0 Å². The number of amides is 2. The van der Waals surface area contributed by atoms with Gasteiger partial charge in [-0.2, -0.15) is 0 Å². The second kappa shape index (κ2) is 6.93. The molecule has 0 aliphatic carbocycles. The van der Waals surface area contributed by atoms with Crippen LogP contribution < -0.4 is 5.73 Å². The van der Waals surface area contributed by atoms with Crippen LogP contribution in [0.15, 0.2) is 23.1 Å². The fourth-order valence-electron chi connectivity index (χ4n) is 3.41.